The smallest absolute Gasteiger partial charge is 0.410 e. The van der Waals surface area contributed by atoms with Crippen molar-refractivity contribution in [3.8, 4) is 0 Å². The zero-order chi connectivity index (χ0) is 14.6. The first-order valence-electron chi connectivity index (χ1n) is 6.61. The lowest BCUT2D eigenvalue weighted by molar-refractivity contribution is -0.108. The van der Waals surface area contributed by atoms with Crippen LogP contribution in [0, 0.1) is 0 Å². The number of aliphatic hydroxyl groups is 2. The topological polar surface area (TPSA) is 96.0 Å². The first kappa shape index (κ1) is 14.8. The highest BCUT2D eigenvalue weighted by molar-refractivity contribution is 5.67. The zero-order valence-electron chi connectivity index (χ0n) is 11.2. The summed E-state index contributed by atoms with van der Waals surface area (Å²) in [6, 6.07) is 9.36. The van der Waals surface area contributed by atoms with E-state index >= 15 is 0 Å². The Bertz CT molecular complexity index is 454. The van der Waals surface area contributed by atoms with Gasteiger partial charge in [0, 0.05) is 13.1 Å². The molecule has 2 rings (SSSR count). The Morgan fingerprint density at radius 3 is 2.75 bits per heavy atom. The van der Waals surface area contributed by atoms with E-state index in [0.717, 1.165) is 5.56 Å². The van der Waals surface area contributed by atoms with E-state index in [9.17, 15) is 15.0 Å². The molecule has 1 aliphatic rings. The molecule has 0 saturated carbocycles. The van der Waals surface area contributed by atoms with Gasteiger partial charge >= 0.3 is 6.09 Å². The fourth-order valence-corrected chi connectivity index (χ4v) is 2.18. The van der Waals surface area contributed by atoms with Gasteiger partial charge in [-0.3, -0.25) is 0 Å². The van der Waals surface area contributed by atoms with Crippen molar-refractivity contribution < 1.29 is 19.7 Å². The molecule has 0 aliphatic carbocycles. The minimum absolute atomic E-state index is 0.0267. The molecule has 1 fully saturated rings. The minimum Gasteiger partial charge on any atom is -0.445 e. The first-order valence-corrected chi connectivity index (χ1v) is 6.61. The van der Waals surface area contributed by atoms with Crippen molar-refractivity contribution in [2.75, 3.05) is 19.6 Å². The average molecular weight is 280 g/mol. The van der Waals surface area contributed by atoms with Crippen LogP contribution >= 0.6 is 0 Å². The van der Waals surface area contributed by atoms with Crippen LogP contribution in [0.4, 0.5) is 4.79 Å². The van der Waals surface area contributed by atoms with Crippen LogP contribution < -0.4 is 5.73 Å². The highest BCUT2D eigenvalue weighted by atomic mass is 16.6. The molecule has 1 aromatic carbocycles. The van der Waals surface area contributed by atoms with Gasteiger partial charge < -0.3 is 25.6 Å². The first-order chi connectivity index (χ1) is 9.55. The predicted molar refractivity (Wildman–Crippen MR) is 72.8 cm³/mol. The van der Waals surface area contributed by atoms with Crippen LogP contribution in [0.15, 0.2) is 30.3 Å². The SMILES string of the molecule is NC[C@@]1(O)CCN(C(=O)OCc2ccccc2)C[C@@H]1O. The lowest BCUT2D eigenvalue weighted by Crippen LogP contribution is -2.60. The van der Waals surface area contributed by atoms with Crippen molar-refractivity contribution in [1.82, 2.24) is 4.90 Å². The number of β-amino-alcohol motifs (C(OH)–C–C–N with tert-alkyl or cyclic N) is 1. The summed E-state index contributed by atoms with van der Waals surface area (Å²) in [6.07, 6.45) is -1.30. The Morgan fingerprint density at radius 2 is 2.15 bits per heavy atom. The van der Waals surface area contributed by atoms with Gasteiger partial charge in [0.05, 0.1) is 6.54 Å². The van der Waals surface area contributed by atoms with E-state index in [4.69, 9.17) is 10.5 Å². The summed E-state index contributed by atoms with van der Waals surface area (Å²) in [4.78, 5) is 13.3. The van der Waals surface area contributed by atoms with Crippen molar-refractivity contribution in [1.29, 1.82) is 0 Å². The Kier molecular flexibility index (Phi) is 4.59. The Balaban J connectivity index is 1.85. The summed E-state index contributed by atoms with van der Waals surface area (Å²) in [5, 5.41) is 19.9. The van der Waals surface area contributed by atoms with Gasteiger partial charge in [-0.1, -0.05) is 30.3 Å². The van der Waals surface area contributed by atoms with E-state index in [1.54, 1.807) is 0 Å². The molecule has 6 heteroatoms. The number of benzene rings is 1. The van der Waals surface area contributed by atoms with Gasteiger partial charge in [0.2, 0.25) is 0 Å². The molecule has 1 aliphatic heterocycles. The molecule has 1 saturated heterocycles. The highest BCUT2D eigenvalue weighted by Gasteiger charge is 2.41. The summed E-state index contributed by atoms with van der Waals surface area (Å²) in [6.45, 7) is 0.508. The molecule has 1 amide bonds. The number of piperidine rings is 1. The molecule has 2 atom stereocenters. The van der Waals surface area contributed by atoms with Crippen molar-refractivity contribution in [3.63, 3.8) is 0 Å². The molecule has 0 radical (unpaired) electrons. The van der Waals surface area contributed by atoms with Gasteiger partial charge in [-0.05, 0) is 12.0 Å². The molecule has 0 aromatic heterocycles. The summed E-state index contributed by atoms with van der Waals surface area (Å²) in [5.74, 6) is 0. The monoisotopic (exact) mass is 280 g/mol. The molecular formula is C14H20N2O4. The third-order valence-corrected chi connectivity index (χ3v) is 3.65. The van der Waals surface area contributed by atoms with Crippen LogP contribution in [0.3, 0.4) is 0 Å². The molecule has 1 heterocycles. The Labute approximate surface area is 117 Å². The molecule has 1 aromatic rings. The van der Waals surface area contributed by atoms with Gasteiger partial charge in [-0.25, -0.2) is 4.79 Å². The predicted octanol–water partition coefficient (Wildman–Crippen LogP) is 0.0796. The highest BCUT2D eigenvalue weighted by Crippen LogP contribution is 2.22. The minimum atomic E-state index is -1.31. The van der Waals surface area contributed by atoms with E-state index in [0.29, 0.717) is 6.54 Å². The molecular weight excluding hydrogens is 260 g/mol. The number of nitrogens with two attached hydrogens (primary N) is 1. The summed E-state index contributed by atoms with van der Waals surface area (Å²) in [5.41, 5.74) is 5.03. The normalized spacial score (nSPS) is 26.4. The number of ether oxygens (including phenoxy) is 1. The number of rotatable bonds is 3. The second-order valence-electron chi connectivity index (χ2n) is 5.06. The third-order valence-electron chi connectivity index (χ3n) is 3.65. The molecule has 0 spiro atoms. The fourth-order valence-electron chi connectivity index (χ4n) is 2.18. The summed E-state index contributed by atoms with van der Waals surface area (Å²) < 4.78 is 5.18. The largest absolute Gasteiger partial charge is 0.445 e. The van der Waals surface area contributed by atoms with Crippen LogP contribution in [0.1, 0.15) is 12.0 Å². The van der Waals surface area contributed by atoms with E-state index in [2.05, 4.69) is 0 Å². The lowest BCUT2D eigenvalue weighted by Gasteiger charge is -2.40. The lowest BCUT2D eigenvalue weighted by atomic mass is 9.89. The summed E-state index contributed by atoms with van der Waals surface area (Å²) >= 11 is 0. The van der Waals surface area contributed by atoms with Gasteiger partial charge in [0.25, 0.3) is 0 Å². The van der Waals surface area contributed by atoms with Crippen molar-refractivity contribution in [2.45, 2.75) is 24.7 Å². The van der Waals surface area contributed by atoms with Gasteiger partial charge in [-0.15, -0.1) is 0 Å². The number of hydrogen-bond donors (Lipinski definition) is 3. The van der Waals surface area contributed by atoms with Gasteiger partial charge in [-0.2, -0.15) is 0 Å². The Morgan fingerprint density at radius 1 is 1.45 bits per heavy atom. The van der Waals surface area contributed by atoms with Crippen LogP contribution in [0.5, 0.6) is 0 Å². The summed E-state index contributed by atoms with van der Waals surface area (Å²) in [7, 11) is 0. The van der Waals surface area contributed by atoms with Crippen LogP contribution in [-0.4, -0.2) is 52.5 Å². The van der Waals surface area contributed by atoms with Crippen molar-refractivity contribution >= 4 is 6.09 Å². The molecule has 110 valence electrons. The number of hydrogen-bond acceptors (Lipinski definition) is 5. The van der Waals surface area contributed by atoms with Crippen molar-refractivity contribution in [2.24, 2.45) is 5.73 Å². The maximum atomic E-state index is 11.9. The standard InChI is InChI=1S/C14H20N2O4/c15-10-14(19)6-7-16(8-12(14)17)13(18)20-9-11-4-2-1-3-5-11/h1-5,12,17,19H,6-10,15H2/t12-,14-/m0/s1. The van der Waals surface area contributed by atoms with Crippen LogP contribution in [0.25, 0.3) is 0 Å². The van der Waals surface area contributed by atoms with E-state index in [1.165, 1.54) is 4.90 Å². The van der Waals surface area contributed by atoms with Crippen LogP contribution in [-0.2, 0) is 11.3 Å². The van der Waals surface area contributed by atoms with Crippen LogP contribution in [0.2, 0.25) is 0 Å². The number of carbonyl (C=O) groups excluding carboxylic acids is 1. The average Bonchev–Trinajstić information content (AvgIpc) is 2.48. The maximum Gasteiger partial charge on any atom is 0.410 e. The van der Waals surface area contributed by atoms with Gasteiger partial charge in [0.1, 0.15) is 18.3 Å². The number of aliphatic hydroxyl groups excluding tert-OH is 1. The molecule has 20 heavy (non-hydrogen) atoms. The number of carbonyl (C=O) groups is 1. The molecule has 6 nitrogen and oxygen atoms in total. The second kappa shape index (κ2) is 6.21. The molecule has 0 unspecified atom stereocenters. The number of likely N-dealkylation sites (tertiary alicyclic amines) is 1. The van der Waals surface area contributed by atoms with Crippen molar-refractivity contribution in [3.05, 3.63) is 35.9 Å². The van der Waals surface area contributed by atoms with E-state index < -0.39 is 17.8 Å². The maximum absolute atomic E-state index is 11.9. The second-order valence-corrected chi connectivity index (χ2v) is 5.06. The fraction of sp³-hybridized carbons (Fsp3) is 0.500. The molecule has 4 N–H and O–H groups in total. The quantitative estimate of drug-likeness (QED) is 0.728. The zero-order valence-corrected chi connectivity index (χ0v) is 11.2. The molecule has 0 bridgehead atoms. The third kappa shape index (κ3) is 3.27. The van der Waals surface area contributed by atoms with E-state index in [-0.39, 0.29) is 26.1 Å². The van der Waals surface area contributed by atoms with E-state index in [1.807, 2.05) is 30.3 Å². The Hall–Kier alpha value is -1.63. The number of amides is 1. The number of nitrogens with zero attached hydrogens (tertiary/aromatic N) is 1. The van der Waals surface area contributed by atoms with Gasteiger partial charge in [0.15, 0.2) is 0 Å².